The van der Waals surface area contributed by atoms with Crippen LogP contribution in [0.3, 0.4) is 0 Å². The van der Waals surface area contributed by atoms with Crippen LogP contribution in [-0.4, -0.2) is 30.5 Å². The standard InChI is InChI=1S/C11H15ClN4O/c1-16(6-11(17)14-8-2-3-8)10-5-7(13)4-9(12)15-10/h4-5,8H,2-3,6H2,1H3,(H2,13,15)(H,14,17). The number of halogens is 1. The molecule has 1 aliphatic carbocycles. The first-order valence-electron chi connectivity index (χ1n) is 5.48. The summed E-state index contributed by atoms with van der Waals surface area (Å²) in [6.07, 6.45) is 2.16. The van der Waals surface area contributed by atoms with Gasteiger partial charge in [-0.05, 0) is 18.9 Å². The molecule has 1 amide bonds. The maximum absolute atomic E-state index is 11.6. The lowest BCUT2D eigenvalue weighted by atomic mass is 10.3. The number of carbonyl (C=O) groups is 1. The lowest BCUT2D eigenvalue weighted by Gasteiger charge is -2.18. The Balaban J connectivity index is 1.97. The van der Waals surface area contributed by atoms with Crippen molar-refractivity contribution in [2.75, 3.05) is 24.2 Å². The van der Waals surface area contributed by atoms with Gasteiger partial charge < -0.3 is 16.0 Å². The lowest BCUT2D eigenvalue weighted by Crippen LogP contribution is -2.36. The monoisotopic (exact) mass is 254 g/mol. The van der Waals surface area contributed by atoms with E-state index >= 15 is 0 Å². The van der Waals surface area contributed by atoms with Gasteiger partial charge >= 0.3 is 0 Å². The van der Waals surface area contributed by atoms with Gasteiger partial charge in [-0.25, -0.2) is 4.98 Å². The van der Waals surface area contributed by atoms with E-state index in [1.165, 1.54) is 0 Å². The zero-order valence-electron chi connectivity index (χ0n) is 9.61. The summed E-state index contributed by atoms with van der Waals surface area (Å²) in [6.45, 7) is 0.253. The van der Waals surface area contributed by atoms with E-state index in [1.807, 2.05) is 0 Å². The second-order valence-electron chi connectivity index (χ2n) is 4.28. The van der Waals surface area contributed by atoms with Crippen molar-refractivity contribution in [1.29, 1.82) is 0 Å². The number of carbonyl (C=O) groups excluding carboxylic acids is 1. The fraction of sp³-hybridized carbons (Fsp3) is 0.455. The van der Waals surface area contributed by atoms with Gasteiger partial charge in [0, 0.05) is 24.8 Å². The summed E-state index contributed by atoms with van der Waals surface area (Å²) >= 11 is 5.81. The highest BCUT2D eigenvalue weighted by Gasteiger charge is 2.23. The highest BCUT2D eigenvalue weighted by atomic mass is 35.5. The van der Waals surface area contributed by atoms with Crippen molar-refractivity contribution in [3.05, 3.63) is 17.3 Å². The average Bonchev–Trinajstić information content (AvgIpc) is 2.99. The van der Waals surface area contributed by atoms with Crippen LogP contribution in [0.1, 0.15) is 12.8 Å². The van der Waals surface area contributed by atoms with Gasteiger partial charge in [0.25, 0.3) is 0 Å². The number of nitrogen functional groups attached to an aromatic ring is 1. The molecule has 0 unspecified atom stereocenters. The number of amides is 1. The molecule has 0 radical (unpaired) electrons. The minimum absolute atomic E-state index is 0.00431. The van der Waals surface area contributed by atoms with E-state index in [4.69, 9.17) is 17.3 Å². The number of aromatic nitrogens is 1. The second-order valence-corrected chi connectivity index (χ2v) is 4.67. The molecule has 0 saturated heterocycles. The molecule has 3 N–H and O–H groups in total. The summed E-state index contributed by atoms with van der Waals surface area (Å²) < 4.78 is 0. The van der Waals surface area contributed by atoms with Gasteiger partial charge in [0.15, 0.2) is 0 Å². The average molecular weight is 255 g/mol. The van der Waals surface area contributed by atoms with Crippen LogP contribution in [0.15, 0.2) is 12.1 Å². The molecule has 0 atom stereocenters. The van der Waals surface area contributed by atoms with E-state index < -0.39 is 0 Å². The van der Waals surface area contributed by atoms with Gasteiger partial charge in [-0.2, -0.15) is 0 Å². The van der Waals surface area contributed by atoms with Crippen LogP contribution in [0, 0.1) is 0 Å². The predicted octanol–water partition coefficient (Wildman–Crippen LogP) is 1.03. The maximum Gasteiger partial charge on any atom is 0.239 e. The molecule has 1 aliphatic rings. The van der Waals surface area contributed by atoms with Gasteiger partial charge in [-0.15, -0.1) is 0 Å². The molecule has 5 nitrogen and oxygen atoms in total. The van der Waals surface area contributed by atoms with Gasteiger partial charge in [0.1, 0.15) is 11.0 Å². The first kappa shape index (κ1) is 12.0. The minimum Gasteiger partial charge on any atom is -0.399 e. The number of pyridine rings is 1. The van der Waals surface area contributed by atoms with E-state index in [-0.39, 0.29) is 12.5 Å². The van der Waals surface area contributed by atoms with Crippen molar-refractivity contribution in [3.63, 3.8) is 0 Å². The number of rotatable bonds is 4. The molecule has 92 valence electrons. The number of hydrogen-bond acceptors (Lipinski definition) is 4. The van der Waals surface area contributed by atoms with Crippen LogP contribution < -0.4 is 16.0 Å². The third kappa shape index (κ3) is 3.49. The summed E-state index contributed by atoms with van der Waals surface area (Å²) in [5, 5.41) is 3.24. The van der Waals surface area contributed by atoms with Crippen molar-refractivity contribution >= 4 is 29.0 Å². The Morgan fingerprint density at radius 3 is 2.94 bits per heavy atom. The molecule has 0 bridgehead atoms. The summed E-state index contributed by atoms with van der Waals surface area (Å²) in [5.41, 5.74) is 6.20. The van der Waals surface area contributed by atoms with Gasteiger partial charge in [0.05, 0.1) is 6.54 Å². The Morgan fingerprint density at radius 1 is 1.65 bits per heavy atom. The van der Waals surface area contributed by atoms with Gasteiger partial charge in [0.2, 0.25) is 5.91 Å². The smallest absolute Gasteiger partial charge is 0.239 e. The number of hydrogen-bond donors (Lipinski definition) is 2. The molecule has 6 heteroatoms. The number of nitrogens with one attached hydrogen (secondary N) is 1. The van der Waals surface area contributed by atoms with Crippen LogP contribution >= 0.6 is 11.6 Å². The van der Waals surface area contributed by atoms with Crippen molar-refractivity contribution in [2.24, 2.45) is 0 Å². The molecule has 1 saturated carbocycles. The fourth-order valence-electron chi connectivity index (χ4n) is 1.50. The SMILES string of the molecule is CN(CC(=O)NC1CC1)c1cc(N)cc(Cl)n1. The van der Waals surface area contributed by atoms with E-state index in [2.05, 4.69) is 10.3 Å². The number of nitrogens with two attached hydrogens (primary N) is 1. The van der Waals surface area contributed by atoms with Crippen molar-refractivity contribution in [3.8, 4) is 0 Å². The normalized spacial score (nSPS) is 14.5. The molecule has 2 rings (SSSR count). The third-order valence-corrected chi connectivity index (χ3v) is 2.71. The van der Waals surface area contributed by atoms with Gasteiger partial charge in [-0.3, -0.25) is 4.79 Å². The second kappa shape index (κ2) is 4.79. The highest BCUT2D eigenvalue weighted by Crippen LogP contribution is 2.20. The summed E-state index contributed by atoms with van der Waals surface area (Å²) in [5.74, 6) is 0.594. The molecule has 1 aromatic rings. The molecule has 1 fully saturated rings. The predicted molar refractivity (Wildman–Crippen MR) is 68.1 cm³/mol. The number of nitrogens with zero attached hydrogens (tertiary/aromatic N) is 2. The summed E-state index contributed by atoms with van der Waals surface area (Å²) in [4.78, 5) is 17.4. The molecule has 1 aromatic heterocycles. The minimum atomic E-state index is -0.00431. The molecule has 17 heavy (non-hydrogen) atoms. The van der Waals surface area contributed by atoms with Crippen LogP contribution in [0.4, 0.5) is 11.5 Å². The number of likely N-dealkylation sites (N-methyl/N-ethyl adjacent to an activating group) is 1. The molecular formula is C11H15ClN4O. The van der Waals surface area contributed by atoms with Crippen molar-refractivity contribution in [1.82, 2.24) is 10.3 Å². The largest absolute Gasteiger partial charge is 0.399 e. The Labute approximate surface area is 105 Å². The quantitative estimate of drug-likeness (QED) is 0.788. The zero-order valence-corrected chi connectivity index (χ0v) is 10.4. The van der Waals surface area contributed by atoms with Crippen LogP contribution in [0.2, 0.25) is 5.15 Å². The summed E-state index contributed by atoms with van der Waals surface area (Å²) in [6, 6.07) is 3.63. The Hall–Kier alpha value is -1.49. The van der Waals surface area contributed by atoms with Crippen LogP contribution in [-0.2, 0) is 4.79 Å². The fourth-order valence-corrected chi connectivity index (χ4v) is 1.71. The van der Waals surface area contributed by atoms with Crippen LogP contribution in [0.25, 0.3) is 0 Å². The van der Waals surface area contributed by atoms with Crippen LogP contribution in [0.5, 0.6) is 0 Å². The first-order valence-corrected chi connectivity index (χ1v) is 5.86. The Kier molecular flexibility index (Phi) is 3.38. The Morgan fingerprint density at radius 2 is 2.35 bits per heavy atom. The topological polar surface area (TPSA) is 71.2 Å². The van der Waals surface area contributed by atoms with E-state index in [9.17, 15) is 4.79 Å². The molecular weight excluding hydrogens is 240 g/mol. The number of anilines is 2. The molecule has 0 aliphatic heterocycles. The zero-order chi connectivity index (χ0) is 12.4. The first-order chi connectivity index (χ1) is 8.04. The van der Waals surface area contributed by atoms with E-state index in [0.29, 0.717) is 22.7 Å². The summed E-state index contributed by atoms with van der Waals surface area (Å²) in [7, 11) is 1.78. The van der Waals surface area contributed by atoms with Gasteiger partial charge in [-0.1, -0.05) is 11.6 Å². The maximum atomic E-state index is 11.6. The third-order valence-electron chi connectivity index (χ3n) is 2.52. The van der Waals surface area contributed by atoms with Crippen molar-refractivity contribution in [2.45, 2.75) is 18.9 Å². The van der Waals surface area contributed by atoms with E-state index in [1.54, 1.807) is 24.1 Å². The van der Waals surface area contributed by atoms with Crippen molar-refractivity contribution < 1.29 is 4.79 Å². The molecule has 0 spiro atoms. The van der Waals surface area contributed by atoms with E-state index in [0.717, 1.165) is 12.8 Å². The molecule has 1 heterocycles. The lowest BCUT2D eigenvalue weighted by molar-refractivity contribution is -0.119. The Bertz CT molecular complexity index is 413. The highest BCUT2D eigenvalue weighted by molar-refractivity contribution is 6.29. The molecule has 0 aromatic carbocycles.